The van der Waals surface area contributed by atoms with Crippen molar-refractivity contribution in [1.29, 1.82) is 5.26 Å². The molecule has 1 aliphatic rings. The summed E-state index contributed by atoms with van der Waals surface area (Å²) in [6.07, 6.45) is 6.89. The van der Waals surface area contributed by atoms with Crippen LogP contribution in [0.15, 0.2) is 12.4 Å². The summed E-state index contributed by atoms with van der Waals surface area (Å²) in [5, 5.41) is 8.78. The van der Waals surface area contributed by atoms with Crippen molar-refractivity contribution in [3.63, 3.8) is 0 Å². The van der Waals surface area contributed by atoms with Gasteiger partial charge in [0.1, 0.15) is 6.07 Å². The summed E-state index contributed by atoms with van der Waals surface area (Å²) in [7, 11) is 0. The van der Waals surface area contributed by atoms with E-state index < -0.39 is 0 Å². The van der Waals surface area contributed by atoms with Crippen LogP contribution in [0.1, 0.15) is 25.1 Å². The van der Waals surface area contributed by atoms with E-state index in [0.29, 0.717) is 17.8 Å². The first-order chi connectivity index (χ1) is 6.79. The van der Waals surface area contributed by atoms with Gasteiger partial charge in [-0.05, 0) is 25.2 Å². The lowest BCUT2D eigenvalue weighted by Gasteiger charge is -2.10. The second-order valence-corrected chi connectivity index (χ2v) is 3.95. The number of nitriles is 1. The molecule has 0 aromatic carbocycles. The zero-order valence-electron chi connectivity index (χ0n) is 8.06. The van der Waals surface area contributed by atoms with Gasteiger partial charge in [-0.15, -0.1) is 0 Å². The standard InChI is InChI=1S/C10H14N4/c11-6-10-13-3-4-14(10)7-8-1-2-9(12)5-8/h3-4,8-9H,1-2,5,7,12H2. The van der Waals surface area contributed by atoms with Gasteiger partial charge in [-0.2, -0.15) is 5.26 Å². The minimum atomic E-state index is 0.356. The molecule has 1 heterocycles. The second-order valence-electron chi connectivity index (χ2n) is 3.95. The van der Waals surface area contributed by atoms with E-state index in [1.54, 1.807) is 6.20 Å². The molecule has 1 saturated carbocycles. The number of hydrogen-bond acceptors (Lipinski definition) is 3. The Morgan fingerprint density at radius 2 is 2.50 bits per heavy atom. The van der Waals surface area contributed by atoms with Gasteiger partial charge in [-0.1, -0.05) is 0 Å². The Balaban J connectivity index is 2.01. The number of aromatic nitrogens is 2. The third kappa shape index (κ3) is 1.78. The molecule has 0 spiro atoms. The van der Waals surface area contributed by atoms with E-state index >= 15 is 0 Å². The second kappa shape index (κ2) is 3.81. The van der Waals surface area contributed by atoms with E-state index in [9.17, 15) is 0 Å². The van der Waals surface area contributed by atoms with Gasteiger partial charge in [-0.25, -0.2) is 4.98 Å². The number of nitrogens with two attached hydrogens (primary N) is 1. The van der Waals surface area contributed by atoms with Crippen LogP contribution in [0, 0.1) is 17.2 Å². The summed E-state index contributed by atoms with van der Waals surface area (Å²) in [4.78, 5) is 3.97. The maximum absolute atomic E-state index is 8.78. The Labute approximate surface area is 83.4 Å². The molecule has 2 rings (SSSR count). The highest BCUT2D eigenvalue weighted by Gasteiger charge is 2.22. The minimum Gasteiger partial charge on any atom is -0.328 e. The van der Waals surface area contributed by atoms with Crippen LogP contribution < -0.4 is 5.73 Å². The summed E-state index contributed by atoms with van der Waals surface area (Å²) in [6, 6.07) is 2.44. The van der Waals surface area contributed by atoms with Gasteiger partial charge < -0.3 is 10.3 Å². The summed E-state index contributed by atoms with van der Waals surface area (Å²) < 4.78 is 1.92. The average Bonchev–Trinajstić information content (AvgIpc) is 2.76. The van der Waals surface area contributed by atoms with E-state index in [0.717, 1.165) is 19.4 Å². The molecule has 4 heteroatoms. The van der Waals surface area contributed by atoms with Crippen molar-refractivity contribution in [2.75, 3.05) is 0 Å². The highest BCUT2D eigenvalue weighted by atomic mass is 15.1. The molecule has 0 amide bonds. The molecule has 2 atom stereocenters. The molecule has 2 unspecified atom stereocenters. The zero-order chi connectivity index (χ0) is 9.97. The van der Waals surface area contributed by atoms with Crippen molar-refractivity contribution in [2.45, 2.75) is 31.8 Å². The number of imidazole rings is 1. The molecule has 14 heavy (non-hydrogen) atoms. The van der Waals surface area contributed by atoms with Crippen molar-refractivity contribution in [2.24, 2.45) is 11.7 Å². The maximum Gasteiger partial charge on any atom is 0.212 e. The van der Waals surface area contributed by atoms with Gasteiger partial charge in [-0.3, -0.25) is 0 Å². The van der Waals surface area contributed by atoms with Gasteiger partial charge >= 0.3 is 0 Å². The Morgan fingerprint density at radius 3 is 3.14 bits per heavy atom. The van der Waals surface area contributed by atoms with Crippen molar-refractivity contribution in [3.05, 3.63) is 18.2 Å². The molecule has 0 bridgehead atoms. The fourth-order valence-electron chi connectivity index (χ4n) is 2.13. The summed E-state index contributed by atoms with van der Waals surface area (Å²) in [5.74, 6) is 1.12. The predicted octanol–water partition coefficient (Wildman–Crippen LogP) is 0.882. The molecule has 1 aromatic rings. The lowest BCUT2D eigenvalue weighted by molar-refractivity contribution is 0.448. The van der Waals surface area contributed by atoms with Gasteiger partial charge in [0.2, 0.25) is 5.82 Å². The molecule has 1 aliphatic carbocycles. The van der Waals surface area contributed by atoms with Crippen molar-refractivity contribution < 1.29 is 0 Å². The van der Waals surface area contributed by atoms with Crippen LogP contribution >= 0.6 is 0 Å². The van der Waals surface area contributed by atoms with Crippen LogP contribution in [0.5, 0.6) is 0 Å². The molecule has 1 aromatic heterocycles. The summed E-state index contributed by atoms with van der Waals surface area (Å²) in [6.45, 7) is 0.886. The van der Waals surface area contributed by atoms with Crippen LogP contribution in [0.3, 0.4) is 0 Å². The van der Waals surface area contributed by atoms with E-state index in [1.807, 2.05) is 10.8 Å². The molecule has 74 valence electrons. The third-order valence-electron chi connectivity index (χ3n) is 2.85. The van der Waals surface area contributed by atoms with Gasteiger partial charge in [0, 0.05) is 25.0 Å². The molecule has 0 radical (unpaired) electrons. The number of hydrogen-bond donors (Lipinski definition) is 1. The molecule has 4 nitrogen and oxygen atoms in total. The highest BCUT2D eigenvalue weighted by molar-refractivity contribution is 5.11. The lowest BCUT2D eigenvalue weighted by Crippen LogP contribution is -2.16. The smallest absolute Gasteiger partial charge is 0.212 e. The third-order valence-corrected chi connectivity index (χ3v) is 2.85. The molecular weight excluding hydrogens is 176 g/mol. The van der Waals surface area contributed by atoms with Gasteiger partial charge in [0.25, 0.3) is 0 Å². The van der Waals surface area contributed by atoms with Crippen LogP contribution in [-0.4, -0.2) is 15.6 Å². The molecular formula is C10H14N4. The Morgan fingerprint density at radius 1 is 1.64 bits per heavy atom. The van der Waals surface area contributed by atoms with Crippen LogP contribution in [-0.2, 0) is 6.54 Å². The summed E-state index contributed by atoms with van der Waals surface area (Å²) >= 11 is 0. The van der Waals surface area contributed by atoms with E-state index in [-0.39, 0.29) is 0 Å². The normalized spacial score (nSPS) is 26.3. The number of rotatable bonds is 2. The van der Waals surface area contributed by atoms with Crippen LogP contribution in [0.4, 0.5) is 0 Å². The summed E-state index contributed by atoms with van der Waals surface area (Å²) in [5.41, 5.74) is 5.83. The Kier molecular flexibility index (Phi) is 2.51. The first-order valence-corrected chi connectivity index (χ1v) is 4.96. The zero-order valence-corrected chi connectivity index (χ0v) is 8.06. The van der Waals surface area contributed by atoms with Gasteiger partial charge in [0.05, 0.1) is 0 Å². The first-order valence-electron chi connectivity index (χ1n) is 4.96. The quantitative estimate of drug-likeness (QED) is 0.752. The lowest BCUT2D eigenvalue weighted by atomic mass is 10.1. The van der Waals surface area contributed by atoms with Crippen molar-refractivity contribution in [1.82, 2.24) is 9.55 Å². The fraction of sp³-hybridized carbons (Fsp3) is 0.600. The maximum atomic E-state index is 8.78. The predicted molar refractivity (Wildman–Crippen MR) is 52.3 cm³/mol. The highest BCUT2D eigenvalue weighted by Crippen LogP contribution is 2.25. The fourth-order valence-corrected chi connectivity index (χ4v) is 2.13. The largest absolute Gasteiger partial charge is 0.328 e. The minimum absolute atomic E-state index is 0.356. The average molecular weight is 190 g/mol. The molecule has 0 aliphatic heterocycles. The Hall–Kier alpha value is -1.34. The molecule has 2 N–H and O–H groups in total. The SMILES string of the molecule is N#Cc1nccn1CC1CCC(N)C1. The van der Waals surface area contributed by atoms with Crippen molar-refractivity contribution >= 4 is 0 Å². The number of nitrogens with zero attached hydrogens (tertiary/aromatic N) is 3. The van der Waals surface area contributed by atoms with E-state index in [1.165, 1.54) is 6.42 Å². The monoisotopic (exact) mass is 190 g/mol. The van der Waals surface area contributed by atoms with Crippen LogP contribution in [0.2, 0.25) is 0 Å². The molecule has 0 saturated heterocycles. The first kappa shape index (κ1) is 9.22. The topological polar surface area (TPSA) is 67.6 Å². The van der Waals surface area contributed by atoms with E-state index in [2.05, 4.69) is 11.1 Å². The van der Waals surface area contributed by atoms with Crippen LogP contribution in [0.25, 0.3) is 0 Å². The Bertz CT molecular complexity index is 349. The van der Waals surface area contributed by atoms with E-state index in [4.69, 9.17) is 11.0 Å². The molecule has 1 fully saturated rings. The van der Waals surface area contributed by atoms with Gasteiger partial charge in [0.15, 0.2) is 0 Å². The van der Waals surface area contributed by atoms with Crippen molar-refractivity contribution in [3.8, 4) is 6.07 Å².